The Morgan fingerprint density at radius 3 is 2.83 bits per heavy atom. The van der Waals surface area contributed by atoms with Crippen molar-refractivity contribution in [3.05, 3.63) is 47.4 Å². The number of carbonyl (C=O) groups is 1. The number of hydrogen-bond donors (Lipinski definition) is 0. The molecule has 0 unspecified atom stereocenters. The maximum absolute atomic E-state index is 12.5. The van der Waals surface area contributed by atoms with Crippen molar-refractivity contribution in [3.63, 3.8) is 0 Å². The summed E-state index contributed by atoms with van der Waals surface area (Å²) in [5.74, 6) is 0.780. The highest BCUT2D eigenvalue weighted by Crippen LogP contribution is 2.40. The quantitative estimate of drug-likeness (QED) is 0.845. The van der Waals surface area contributed by atoms with Gasteiger partial charge >= 0.3 is 0 Å². The molecular weight excluding hydrogens is 304 g/mol. The Bertz CT molecular complexity index is 748. The molecule has 1 amide bonds. The second-order valence-electron chi connectivity index (χ2n) is 7.03. The number of carbonyl (C=O) groups excluding carboxylic acids is 1. The van der Waals surface area contributed by atoms with Gasteiger partial charge in [-0.25, -0.2) is 9.97 Å². The van der Waals surface area contributed by atoms with E-state index in [0.29, 0.717) is 5.56 Å². The summed E-state index contributed by atoms with van der Waals surface area (Å²) < 4.78 is 5.16. The third kappa shape index (κ3) is 2.51. The number of rotatable bonds is 2. The minimum Gasteiger partial charge on any atom is -0.472 e. The minimum absolute atomic E-state index is 0.0384. The van der Waals surface area contributed by atoms with Crippen LogP contribution < -0.4 is 0 Å². The third-order valence-electron chi connectivity index (χ3n) is 5.33. The van der Waals surface area contributed by atoms with E-state index in [1.165, 1.54) is 5.56 Å². The molecule has 2 aromatic rings. The van der Waals surface area contributed by atoms with E-state index in [-0.39, 0.29) is 11.3 Å². The van der Waals surface area contributed by atoms with Gasteiger partial charge in [-0.15, -0.1) is 0 Å². The summed E-state index contributed by atoms with van der Waals surface area (Å²) in [6.07, 6.45) is 7.24. The van der Waals surface area contributed by atoms with Crippen molar-refractivity contribution in [1.29, 1.82) is 0 Å². The fourth-order valence-electron chi connectivity index (χ4n) is 4.01. The summed E-state index contributed by atoms with van der Waals surface area (Å²) in [5, 5.41) is 0. The van der Waals surface area contributed by atoms with Gasteiger partial charge in [0.15, 0.2) is 0 Å². The van der Waals surface area contributed by atoms with E-state index in [0.717, 1.165) is 50.5 Å². The van der Waals surface area contributed by atoms with Crippen molar-refractivity contribution >= 4 is 5.91 Å². The van der Waals surface area contributed by atoms with E-state index < -0.39 is 0 Å². The van der Waals surface area contributed by atoms with Gasteiger partial charge in [-0.2, -0.15) is 0 Å². The third-order valence-corrected chi connectivity index (χ3v) is 5.33. The lowest BCUT2D eigenvalue weighted by Gasteiger charge is -2.46. The van der Waals surface area contributed by atoms with E-state index in [4.69, 9.17) is 4.42 Å². The van der Waals surface area contributed by atoms with Gasteiger partial charge in [-0.05, 0) is 38.9 Å². The first-order valence-electron chi connectivity index (χ1n) is 8.40. The summed E-state index contributed by atoms with van der Waals surface area (Å²) in [6.45, 7) is 5.54. The number of aryl methyl sites for hydroxylation is 1. The predicted molar refractivity (Wildman–Crippen MR) is 88.6 cm³/mol. The first-order valence-corrected chi connectivity index (χ1v) is 8.40. The molecule has 1 fully saturated rings. The Balaban J connectivity index is 1.59. The van der Waals surface area contributed by atoms with Crippen LogP contribution >= 0.6 is 0 Å². The molecule has 126 valence electrons. The molecule has 1 saturated heterocycles. The van der Waals surface area contributed by atoms with Crippen LogP contribution in [0.15, 0.2) is 29.2 Å². The molecule has 24 heavy (non-hydrogen) atoms. The van der Waals surface area contributed by atoms with Gasteiger partial charge in [0.05, 0.1) is 23.8 Å². The van der Waals surface area contributed by atoms with E-state index in [1.807, 2.05) is 31.2 Å². The highest BCUT2D eigenvalue weighted by Gasteiger charge is 2.45. The number of nitrogens with zero attached hydrogens (tertiary/aromatic N) is 4. The molecule has 0 aliphatic carbocycles. The molecule has 0 bridgehead atoms. The SMILES string of the molecule is Cc1ncc2c(n1)C1(CCN(Cc3ccoc3)CC1)CN(C)C2=O. The van der Waals surface area contributed by atoms with Crippen LogP contribution in [0.4, 0.5) is 0 Å². The summed E-state index contributed by atoms with van der Waals surface area (Å²) in [6, 6.07) is 2.02. The van der Waals surface area contributed by atoms with E-state index in [2.05, 4.69) is 14.9 Å². The Hall–Kier alpha value is -2.21. The van der Waals surface area contributed by atoms with Gasteiger partial charge in [-0.1, -0.05) is 0 Å². The largest absolute Gasteiger partial charge is 0.472 e. The average Bonchev–Trinajstić information content (AvgIpc) is 3.08. The minimum atomic E-state index is -0.0431. The molecule has 1 spiro atoms. The standard InChI is InChI=1S/C18H22N4O2/c1-13-19-9-15-16(20-13)18(12-21(2)17(15)23)4-6-22(7-5-18)10-14-3-8-24-11-14/h3,8-9,11H,4-7,10,12H2,1-2H3. The highest BCUT2D eigenvalue weighted by molar-refractivity contribution is 5.96. The van der Waals surface area contributed by atoms with E-state index in [1.54, 1.807) is 12.5 Å². The maximum atomic E-state index is 12.5. The molecule has 2 aliphatic rings. The number of likely N-dealkylation sites (tertiary alicyclic amines) is 1. The normalized spacial score (nSPS) is 20.4. The molecule has 2 aliphatic heterocycles. The summed E-state index contributed by atoms with van der Waals surface area (Å²) in [4.78, 5) is 25.7. The molecule has 0 aromatic carbocycles. The zero-order valence-electron chi connectivity index (χ0n) is 14.2. The van der Waals surface area contributed by atoms with Gasteiger partial charge in [0.25, 0.3) is 5.91 Å². The Kier molecular flexibility index (Phi) is 3.64. The molecule has 0 N–H and O–H groups in total. The van der Waals surface area contributed by atoms with Crippen molar-refractivity contribution in [2.75, 3.05) is 26.7 Å². The smallest absolute Gasteiger partial charge is 0.257 e. The zero-order valence-corrected chi connectivity index (χ0v) is 14.2. The number of likely N-dealkylation sites (N-methyl/N-ethyl adjacent to an activating group) is 1. The molecule has 6 nitrogen and oxygen atoms in total. The Morgan fingerprint density at radius 1 is 1.33 bits per heavy atom. The fourth-order valence-corrected chi connectivity index (χ4v) is 4.01. The summed E-state index contributed by atoms with van der Waals surface area (Å²) >= 11 is 0. The number of furan rings is 1. The molecule has 0 radical (unpaired) electrons. The molecule has 4 rings (SSSR count). The van der Waals surface area contributed by atoms with Crippen molar-refractivity contribution < 1.29 is 9.21 Å². The monoisotopic (exact) mass is 326 g/mol. The fraction of sp³-hybridized carbons (Fsp3) is 0.500. The highest BCUT2D eigenvalue weighted by atomic mass is 16.3. The van der Waals surface area contributed by atoms with Crippen LogP contribution in [0.1, 0.15) is 40.3 Å². The van der Waals surface area contributed by atoms with Crippen molar-refractivity contribution in [3.8, 4) is 0 Å². The molecule has 4 heterocycles. The number of hydrogen-bond acceptors (Lipinski definition) is 5. The zero-order chi connectivity index (χ0) is 16.7. The predicted octanol–water partition coefficient (Wildman–Crippen LogP) is 2.00. The molecule has 0 saturated carbocycles. The van der Waals surface area contributed by atoms with Crippen LogP contribution in [0.3, 0.4) is 0 Å². The molecule has 6 heteroatoms. The topological polar surface area (TPSA) is 62.5 Å². The summed E-state index contributed by atoms with van der Waals surface area (Å²) in [5.41, 5.74) is 2.80. The van der Waals surface area contributed by atoms with Gasteiger partial charge in [0, 0.05) is 37.3 Å². The van der Waals surface area contributed by atoms with Crippen molar-refractivity contribution in [2.24, 2.45) is 0 Å². The van der Waals surface area contributed by atoms with E-state index >= 15 is 0 Å². The first-order chi connectivity index (χ1) is 11.6. The Morgan fingerprint density at radius 2 is 2.12 bits per heavy atom. The van der Waals surface area contributed by atoms with Gasteiger partial charge < -0.3 is 9.32 Å². The first kappa shape index (κ1) is 15.3. The van der Waals surface area contributed by atoms with E-state index in [9.17, 15) is 4.79 Å². The lowest BCUT2D eigenvalue weighted by atomic mass is 9.71. The van der Waals surface area contributed by atoms with Gasteiger partial charge in [0.1, 0.15) is 5.82 Å². The number of aromatic nitrogens is 2. The number of fused-ring (bicyclic) bond motifs is 2. The second-order valence-corrected chi connectivity index (χ2v) is 7.03. The lowest BCUT2D eigenvalue weighted by molar-refractivity contribution is 0.0623. The van der Waals surface area contributed by atoms with Crippen LogP contribution in [0.5, 0.6) is 0 Å². The van der Waals surface area contributed by atoms with Crippen LogP contribution in [-0.4, -0.2) is 52.4 Å². The molecule has 2 aromatic heterocycles. The number of piperidine rings is 1. The van der Waals surface area contributed by atoms with Crippen LogP contribution in [0.25, 0.3) is 0 Å². The number of amides is 1. The molecule has 0 atom stereocenters. The van der Waals surface area contributed by atoms with Crippen LogP contribution in [0.2, 0.25) is 0 Å². The lowest BCUT2D eigenvalue weighted by Crippen LogP contribution is -2.53. The van der Waals surface area contributed by atoms with Crippen LogP contribution in [0, 0.1) is 6.92 Å². The van der Waals surface area contributed by atoms with Gasteiger partial charge in [-0.3, -0.25) is 9.69 Å². The van der Waals surface area contributed by atoms with Crippen LogP contribution in [-0.2, 0) is 12.0 Å². The Labute approximate surface area is 141 Å². The van der Waals surface area contributed by atoms with Crippen molar-refractivity contribution in [1.82, 2.24) is 19.8 Å². The summed E-state index contributed by atoms with van der Waals surface area (Å²) in [7, 11) is 1.88. The van der Waals surface area contributed by atoms with Gasteiger partial charge in [0.2, 0.25) is 0 Å². The molecular formula is C18H22N4O2. The second kappa shape index (κ2) is 5.70. The average molecular weight is 326 g/mol. The maximum Gasteiger partial charge on any atom is 0.257 e. The van der Waals surface area contributed by atoms with Crippen molar-refractivity contribution in [2.45, 2.75) is 31.7 Å².